The summed E-state index contributed by atoms with van der Waals surface area (Å²) in [6.07, 6.45) is 3.12. The van der Waals surface area contributed by atoms with Crippen LogP contribution in [-0.2, 0) is 19.1 Å². The fourth-order valence-electron chi connectivity index (χ4n) is 2.97. The minimum atomic E-state index is -0.975. The van der Waals surface area contributed by atoms with E-state index >= 15 is 0 Å². The molecule has 0 radical (unpaired) electrons. The van der Waals surface area contributed by atoms with E-state index in [4.69, 9.17) is 9.47 Å². The fourth-order valence-corrected chi connectivity index (χ4v) is 2.97. The topological polar surface area (TPSA) is 102 Å². The summed E-state index contributed by atoms with van der Waals surface area (Å²) in [5.41, 5.74) is 0.267. The molecule has 0 N–H and O–H groups in total. The predicted molar refractivity (Wildman–Crippen MR) is 101 cm³/mol. The van der Waals surface area contributed by atoms with Crippen LogP contribution >= 0.6 is 0 Å². The molecule has 9 nitrogen and oxygen atoms in total. The summed E-state index contributed by atoms with van der Waals surface area (Å²) >= 11 is 0. The highest BCUT2D eigenvalue weighted by Crippen LogP contribution is 2.40. The molecule has 1 aliphatic heterocycles. The van der Waals surface area contributed by atoms with E-state index in [1.165, 1.54) is 32.4 Å². The quantitative estimate of drug-likeness (QED) is 0.394. The van der Waals surface area contributed by atoms with E-state index in [2.05, 4.69) is 0 Å². The second kappa shape index (κ2) is 9.14. The van der Waals surface area contributed by atoms with Crippen LogP contribution in [0.5, 0.6) is 0 Å². The maximum absolute atomic E-state index is 12.5. The van der Waals surface area contributed by atoms with Crippen molar-refractivity contribution in [3.05, 3.63) is 63.5 Å². The molecule has 1 aromatic rings. The Bertz CT molecular complexity index is 797. The summed E-state index contributed by atoms with van der Waals surface area (Å²) in [4.78, 5) is 39.6. The van der Waals surface area contributed by atoms with Crippen LogP contribution in [-0.4, -0.2) is 68.1 Å². The summed E-state index contributed by atoms with van der Waals surface area (Å²) in [6, 6.07) is 5.99. The lowest BCUT2D eigenvalue weighted by Gasteiger charge is -2.30. The van der Waals surface area contributed by atoms with Crippen LogP contribution in [0.1, 0.15) is 11.5 Å². The average molecular weight is 389 g/mol. The number of hydrogen-bond donors (Lipinski definition) is 0. The van der Waals surface area contributed by atoms with Gasteiger partial charge in [0.15, 0.2) is 0 Å². The molecule has 1 aliphatic rings. The van der Waals surface area contributed by atoms with E-state index in [0.717, 1.165) is 0 Å². The molecule has 2 rings (SSSR count). The first kappa shape index (κ1) is 21.1. The minimum absolute atomic E-state index is 0.124. The van der Waals surface area contributed by atoms with Crippen molar-refractivity contribution in [1.82, 2.24) is 9.80 Å². The van der Waals surface area contributed by atoms with Gasteiger partial charge in [-0.2, -0.15) is 0 Å². The first-order valence-electron chi connectivity index (χ1n) is 8.54. The maximum atomic E-state index is 12.5. The van der Waals surface area contributed by atoms with Crippen LogP contribution < -0.4 is 0 Å². The van der Waals surface area contributed by atoms with Crippen LogP contribution in [0.3, 0.4) is 0 Å². The summed E-state index contributed by atoms with van der Waals surface area (Å²) < 4.78 is 9.77. The largest absolute Gasteiger partial charge is 0.466 e. The van der Waals surface area contributed by atoms with E-state index in [1.807, 2.05) is 19.0 Å². The van der Waals surface area contributed by atoms with Crippen molar-refractivity contribution < 1.29 is 24.0 Å². The number of nitro groups is 1. The molecule has 0 aromatic heterocycles. The Kier molecular flexibility index (Phi) is 6.89. The number of nitrogens with zero attached hydrogens (tertiary/aromatic N) is 3. The van der Waals surface area contributed by atoms with Crippen molar-refractivity contribution in [2.45, 2.75) is 5.92 Å². The zero-order valence-electron chi connectivity index (χ0n) is 16.2. The first-order valence-corrected chi connectivity index (χ1v) is 8.54. The zero-order valence-corrected chi connectivity index (χ0v) is 16.2. The van der Waals surface area contributed by atoms with E-state index in [9.17, 15) is 19.7 Å². The average Bonchev–Trinajstić information content (AvgIpc) is 2.70. The highest BCUT2D eigenvalue weighted by Gasteiger charge is 2.38. The molecule has 0 bridgehead atoms. The fraction of sp³-hybridized carbons (Fsp3) is 0.368. The van der Waals surface area contributed by atoms with Gasteiger partial charge in [-0.3, -0.25) is 10.1 Å². The smallest absolute Gasteiger partial charge is 0.336 e. The normalized spacial score (nSPS) is 14.4. The number of ether oxygens (including phenoxy) is 2. The second-order valence-electron chi connectivity index (χ2n) is 6.44. The highest BCUT2D eigenvalue weighted by atomic mass is 16.6. The van der Waals surface area contributed by atoms with E-state index < -0.39 is 22.8 Å². The predicted octanol–water partition coefficient (Wildman–Crippen LogP) is 1.67. The van der Waals surface area contributed by atoms with Crippen molar-refractivity contribution in [1.29, 1.82) is 0 Å². The molecule has 0 saturated carbocycles. The Morgan fingerprint density at radius 1 is 1.11 bits per heavy atom. The third-order valence-corrected chi connectivity index (χ3v) is 4.32. The number of nitro benzene ring substituents is 1. The van der Waals surface area contributed by atoms with Crippen LogP contribution in [0.2, 0.25) is 0 Å². The Hall–Kier alpha value is -3.20. The van der Waals surface area contributed by atoms with Gasteiger partial charge in [-0.05, 0) is 14.1 Å². The van der Waals surface area contributed by atoms with Crippen LogP contribution in [0.15, 0.2) is 47.8 Å². The highest BCUT2D eigenvalue weighted by molar-refractivity contribution is 5.99. The number of carbonyl (C=O) groups excluding carboxylic acids is 2. The monoisotopic (exact) mass is 389 g/mol. The van der Waals surface area contributed by atoms with Gasteiger partial charge >= 0.3 is 11.9 Å². The lowest BCUT2D eigenvalue weighted by Crippen LogP contribution is -2.32. The van der Waals surface area contributed by atoms with Crippen LogP contribution in [0.25, 0.3) is 0 Å². The van der Waals surface area contributed by atoms with Crippen molar-refractivity contribution in [2.75, 3.05) is 41.4 Å². The Morgan fingerprint density at radius 2 is 1.64 bits per heavy atom. The standard InChI is InChI=1S/C19H23N3O6/c1-20(2)9-10-21-11-14(18(23)27-3)17(15(12-21)19(24)28-4)13-7-5-6-8-16(13)22(25)26/h5-8,11-12,17H,9-10H2,1-4H3. The molecule has 0 atom stereocenters. The van der Waals surface area contributed by atoms with E-state index in [-0.39, 0.29) is 22.4 Å². The van der Waals surface area contributed by atoms with Gasteiger partial charge in [-0.25, -0.2) is 9.59 Å². The van der Waals surface area contributed by atoms with Crippen molar-refractivity contribution in [2.24, 2.45) is 0 Å². The van der Waals surface area contributed by atoms with Gasteiger partial charge in [0.25, 0.3) is 5.69 Å². The number of rotatable bonds is 7. The molecule has 150 valence electrons. The lowest BCUT2D eigenvalue weighted by molar-refractivity contribution is -0.385. The molecular weight excluding hydrogens is 366 g/mol. The van der Waals surface area contributed by atoms with Crippen molar-refractivity contribution >= 4 is 17.6 Å². The molecule has 0 unspecified atom stereocenters. The van der Waals surface area contributed by atoms with Crippen molar-refractivity contribution in [3.8, 4) is 0 Å². The molecule has 0 aliphatic carbocycles. The number of para-hydroxylation sites is 1. The number of hydrogen-bond acceptors (Lipinski definition) is 8. The molecule has 0 amide bonds. The summed E-state index contributed by atoms with van der Waals surface area (Å²) in [6.45, 7) is 1.16. The van der Waals surface area contributed by atoms with Gasteiger partial charge in [-0.1, -0.05) is 18.2 Å². The molecule has 1 heterocycles. The maximum Gasteiger partial charge on any atom is 0.336 e. The Labute approximate surface area is 163 Å². The third-order valence-electron chi connectivity index (χ3n) is 4.32. The van der Waals surface area contributed by atoms with Gasteiger partial charge in [0.05, 0.1) is 36.2 Å². The molecule has 1 aromatic carbocycles. The molecular formula is C19H23N3O6. The Balaban J connectivity index is 2.63. The SMILES string of the molecule is COC(=O)C1=CN(CCN(C)C)C=C(C(=O)OC)C1c1ccccc1[N+](=O)[O-]. The van der Waals surface area contributed by atoms with Gasteiger partial charge < -0.3 is 19.3 Å². The molecule has 28 heavy (non-hydrogen) atoms. The molecule has 9 heteroatoms. The Morgan fingerprint density at radius 3 is 2.11 bits per heavy atom. The van der Waals surface area contributed by atoms with Crippen LogP contribution in [0, 0.1) is 10.1 Å². The number of methoxy groups -OCH3 is 2. The first-order chi connectivity index (χ1) is 13.3. The minimum Gasteiger partial charge on any atom is -0.466 e. The van der Waals surface area contributed by atoms with E-state index in [1.54, 1.807) is 23.4 Å². The summed E-state index contributed by atoms with van der Waals surface area (Å²) in [5, 5.41) is 11.5. The van der Waals surface area contributed by atoms with Gasteiger partial charge in [0.1, 0.15) is 0 Å². The molecule has 0 spiro atoms. The summed E-state index contributed by atoms with van der Waals surface area (Å²) in [5.74, 6) is -2.32. The van der Waals surface area contributed by atoms with Gasteiger partial charge in [0, 0.05) is 37.1 Å². The third kappa shape index (κ3) is 4.55. The molecule has 0 fully saturated rings. The second-order valence-corrected chi connectivity index (χ2v) is 6.44. The number of benzene rings is 1. The number of carbonyl (C=O) groups is 2. The molecule has 0 saturated heterocycles. The summed E-state index contributed by atoms with van der Waals surface area (Å²) in [7, 11) is 6.24. The number of esters is 2. The van der Waals surface area contributed by atoms with E-state index in [0.29, 0.717) is 13.1 Å². The van der Waals surface area contributed by atoms with Gasteiger partial charge in [0.2, 0.25) is 0 Å². The van der Waals surface area contributed by atoms with Crippen LogP contribution in [0.4, 0.5) is 5.69 Å². The van der Waals surface area contributed by atoms with Gasteiger partial charge in [-0.15, -0.1) is 0 Å². The zero-order chi connectivity index (χ0) is 20.8. The number of likely N-dealkylation sites (N-methyl/N-ethyl adjacent to an activating group) is 1. The lowest BCUT2D eigenvalue weighted by atomic mass is 9.82. The van der Waals surface area contributed by atoms with Crippen molar-refractivity contribution in [3.63, 3.8) is 0 Å².